The lowest BCUT2D eigenvalue weighted by molar-refractivity contribution is 1.06. The summed E-state index contributed by atoms with van der Waals surface area (Å²) in [7, 11) is 0. The number of benzene rings is 5. The van der Waals surface area contributed by atoms with Gasteiger partial charge in [-0.25, -0.2) is 4.98 Å². The van der Waals surface area contributed by atoms with Crippen LogP contribution in [0.5, 0.6) is 0 Å². The maximum absolute atomic E-state index is 14.1. The number of hydrogen-bond donors (Lipinski definition) is 0. The molecular weight excluding hydrogens is 476 g/mol. The number of aromatic nitrogens is 2. The molecule has 0 fully saturated rings. The van der Waals surface area contributed by atoms with Gasteiger partial charge in [0.2, 0.25) is 0 Å². The predicted molar refractivity (Wildman–Crippen MR) is 161 cm³/mol. The highest BCUT2D eigenvalue weighted by molar-refractivity contribution is 6.04. The molecule has 3 nitrogen and oxygen atoms in total. The summed E-state index contributed by atoms with van der Waals surface area (Å²) in [6.07, 6.45) is 0. The Morgan fingerprint density at radius 2 is 0.974 bits per heavy atom. The molecular formula is C36H24N2O. The summed E-state index contributed by atoms with van der Waals surface area (Å²) in [6.45, 7) is 0. The fourth-order valence-electron chi connectivity index (χ4n) is 5.30. The van der Waals surface area contributed by atoms with E-state index in [2.05, 4.69) is 54.6 Å². The predicted octanol–water partition coefficient (Wildman–Crippen LogP) is 8.54. The van der Waals surface area contributed by atoms with Crippen LogP contribution >= 0.6 is 0 Å². The molecule has 2 heterocycles. The summed E-state index contributed by atoms with van der Waals surface area (Å²) < 4.78 is 1.82. The first-order valence-corrected chi connectivity index (χ1v) is 13.0. The average Bonchev–Trinajstić information content (AvgIpc) is 3.02. The van der Waals surface area contributed by atoms with Crippen LogP contribution in [0, 0.1) is 0 Å². The van der Waals surface area contributed by atoms with Crippen LogP contribution in [0.3, 0.4) is 0 Å². The summed E-state index contributed by atoms with van der Waals surface area (Å²) in [5, 5.41) is 1.50. The topological polar surface area (TPSA) is 34.9 Å². The Hall–Kier alpha value is -5.28. The zero-order chi connectivity index (χ0) is 26.2. The molecule has 0 spiro atoms. The Morgan fingerprint density at radius 1 is 0.462 bits per heavy atom. The summed E-state index contributed by atoms with van der Waals surface area (Å²) >= 11 is 0. The van der Waals surface area contributed by atoms with Gasteiger partial charge in [0.05, 0.1) is 22.4 Å². The minimum atomic E-state index is -0.0587. The van der Waals surface area contributed by atoms with E-state index < -0.39 is 0 Å². The van der Waals surface area contributed by atoms with Crippen LogP contribution in [0.1, 0.15) is 0 Å². The molecule has 0 amide bonds. The lowest BCUT2D eigenvalue weighted by Crippen LogP contribution is -2.19. The summed E-state index contributed by atoms with van der Waals surface area (Å²) in [6, 6.07) is 48.9. The first-order chi connectivity index (χ1) is 19.3. The van der Waals surface area contributed by atoms with Crippen molar-refractivity contribution in [3.8, 4) is 39.2 Å². The summed E-state index contributed by atoms with van der Waals surface area (Å²) in [5.74, 6) is 0. The number of fused-ring (bicyclic) bond motifs is 3. The van der Waals surface area contributed by atoms with E-state index in [0.717, 1.165) is 55.6 Å². The van der Waals surface area contributed by atoms with Gasteiger partial charge in [-0.1, -0.05) is 109 Å². The molecule has 0 aliphatic carbocycles. The maximum Gasteiger partial charge on any atom is 0.263 e. The largest absolute Gasteiger partial charge is 0.275 e. The smallest absolute Gasteiger partial charge is 0.263 e. The number of rotatable bonds is 4. The van der Waals surface area contributed by atoms with Crippen LogP contribution in [0.4, 0.5) is 0 Å². The van der Waals surface area contributed by atoms with Crippen LogP contribution in [0.25, 0.3) is 61.0 Å². The first kappa shape index (κ1) is 22.9. The molecule has 0 saturated heterocycles. The number of hydrogen-bond acceptors (Lipinski definition) is 2. The van der Waals surface area contributed by atoms with E-state index in [9.17, 15) is 4.79 Å². The van der Waals surface area contributed by atoms with Gasteiger partial charge in [-0.3, -0.25) is 9.36 Å². The first-order valence-electron chi connectivity index (χ1n) is 13.0. The monoisotopic (exact) mass is 500 g/mol. The van der Waals surface area contributed by atoms with Gasteiger partial charge in [-0.05, 0) is 58.7 Å². The van der Waals surface area contributed by atoms with Gasteiger partial charge in [0.1, 0.15) is 0 Å². The van der Waals surface area contributed by atoms with Crippen molar-refractivity contribution >= 4 is 21.8 Å². The molecule has 0 unspecified atom stereocenters. The molecule has 0 saturated carbocycles. The van der Waals surface area contributed by atoms with Crippen molar-refractivity contribution in [2.75, 3.05) is 0 Å². The Morgan fingerprint density at radius 3 is 1.56 bits per heavy atom. The van der Waals surface area contributed by atoms with Gasteiger partial charge in [0.25, 0.3) is 5.56 Å². The minimum Gasteiger partial charge on any atom is -0.275 e. The highest BCUT2D eigenvalue weighted by Crippen LogP contribution is 2.32. The Bertz CT molecular complexity index is 1950. The highest BCUT2D eigenvalue weighted by atomic mass is 16.1. The third-order valence-electron chi connectivity index (χ3n) is 7.19. The molecule has 184 valence electrons. The number of nitrogens with zero attached hydrogens (tertiary/aromatic N) is 2. The van der Waals surface area contributed by atoms with Gasteiger partial charge in [-0.2, -0.15) is 0 Å². The fraction of sp³-hybridized carbons (Fsp3) is 0. The second-order valence-corrected chi connectivity index (χ2v) is 9.62. The lowest BCUT2D eigenvalue weighted by atomic mass is 9.97. The molecule has 2 aromatic heterocycles. The third kappa shape index (κ3) is 4.11. The highest BCUT2D eigenvalue weighted by Gasteiger charge is 2.16. The second-order valence-electron chi connectivity index (χ2n) is 9.62. The standard InChI is InChI=1S/C36H24N2O/c39-36-32-19-11-10-18-31(32)35-34(21-20-33(37-35)27-16-8-3-9-17-27)38(36)30-23-28(25-12-4-1-5-13-25)22-29(24-30)26-14-6-2-7-15-26/h1-24H. The van der Waals surface area contributed by atoms with Gasteiger partial charge >= 0.3 is 0 Å². The van der Waals surface area contributed by atoms with Crippen molar-refractivity contribution in [2.24, 2.45) is 0 Å². The molecule has 0 bridgehead atoms. The molecule has 3 heteroatoms. The summed E-state index contributed by atoms with van der Waals surface area (Å²) in [4.78, 5) is 19.2. The van der Waals surface area contributed by atoms with Gasteiger partial charge in [0, 0.05) is 16.3 Å². The van der Waals surface area contributed by atoms with Crippen LogP contribution in [-0.4, -0.2) is 9.55 Å². The number of pyridine rings is 2. The average molecular weight is 501 g/mol. The van der Waals surface area contributed by atoms with E-state index in [1.54, 1.807) is 0 Å². The third-order valence-corrected chi connectivity index (χ3v) is 7.19. The molecule has 0 radical (unpaired) electrons. The van der Waals surface area contributed by atoms with E-state index >= 15 is 0 Å². The van der Waals surface area contributed by atoms with Crippen LogP contribution < -0.4 is 5.56 Å². The van der Waals surface area contributed by atoms with Crippen molar-refractivity contribution in [1.29, 1.82) is 0 Å². The maximum atomic E-state index is 14.1. The van der Waals surface area contributed by atoms with Crippen molar-refractivity contribution in [3.63, 3.8) is 0 Å². The quantitative estimate of drug-likeness (QED) is 0.227. The van der Waals surface area contributed by atoms with E-state index in [1.165, 1.54) is 0 Å². The van der Waals surface area contributed by atoms with Crippen molar-refractivity contribution in [3.05, 3.63) is 156 Å². The van der Waals surface area contributed by atoms with Crippen molar-refractivity contribution < 1.29 is 0 Å². The Labute approximate surface area is 226 Å². The van der Waals surface area contributed by atoms with Gasteiger partial charge in [0.15, 0.2) is 0 Å². The Balaban J connectivity index is 1.56. The molecule has 5 aromatic carbocycles. The molecule has 0 aliphatic heterocycles. The molecule has 0 aliphatic rings. The van der Waals surface area contributed by atoms with Crippen molar-refractivity contribution in [1.82, 2.24) is 9.55 Å². The molecule has 0 atom stereocenters. The zero-order valence-corrected chi connectivity index (χ0v) is 21.2. The van der Waals surface area contributed by atoms with Crippen LogP contribution in [0.15, 0.2) is 150 Å². The normalized spacial score (nSPS) is 11.2. The second kappa shape index (κ2) is 9.55. The fourth-order valence-corrected chi connectivity index (χ4v) is 5.30. The van der Waals surface area contributed by atoms with Crippen LogP contribution in [-0.2, 0) is 0 Å². The van der Waals surface area contributed by atoms with E-state index in [4.69, 9.17) is 4.98 Å². The van der Waals surface area contributed by atoms with E-state index in [1.807, 2.05) is 95.6 Å². The van der Waals surface area contributed by atoms with Gasteiger partial charge in [-0.15, -0.1) is 0 Å². The lowest BCUT2D eigenvalue weighted by Gasteiger charge is -2.16. The molecule has 7 rings (SSSR count). The summed E-state index contributed by atoms with van der Waals surface area (Å²) in [5.41, 5.74) is 8.55. The Kier molecular flexibility index (Phi) is 5.60. The minimum absolute atomic E-state index is 0.0587. The van der Waals surface area contributed by atoms with Crippen LogP contribution in [0.2, 0.25) is 0 Å². The van der Waals surface area contributed by atoms with E-state index in [-0.39, 0.29) is 5.56 Å². The molecule has 0 N–H and O–H groups in total. The SMILES string of the molecule is O=c1c2ccccc2c2nc(-c3ccccc3)ccc2n1-c1cc(-c2ccccc2)cc(-c2ccccc2)c1. The molecule has 39 heavy (non-hydrogen) atoms. The van der Waals surface area contributed by atoms with Crippen molar-refractivity contribution in [2.45, 2.75) is 0 Å². The van der Waals surface area contributed by atoms with Gasteiger partial charge < -0.3 is 0 Å². The van der Waals surface area contributed by atoms with E-state index in [0.29, 0.717) is 5.39 Å². The zero-order valence-electron chi connectivity index (χ0n) is 21.2. The molecule has 7 aromatic rings.